The summed E-state index contributed by atoms with van der Waals surface area (Å²) in [4.78, 5) is 12.2. The van der Waals surface area contributed by atoms with Gasteiger partial charge in [-0.15, -0.1) is 0 Å². The first-order chi connectivity index (χ1) is 8.65. The summed E-state index contributed by atoms with van der Waals surface area (Å²) >= 11 is 0. The molecule has 4 heteroatoms. The zero-order valence-corrected chi connectivity index (χ0v) is 11.6. The minimum atomic E-state index is 0.0328. The van der Waals surface area contributed by atoms with Gasteiger partial charge in [-0.25, -0.2) is 0 Å². The molecule has 18 heavy (non-hydrogen) atoms. The largest absolute Gasteiger partial charge is 0.376 e. The van der Waals surface area contributed by atoms with E-state index in [0.717, 1.165) is 25.9 Å². The molecule has 2 fully saturated rings. The second-order valence-corrected chi connectivity index (χ2v) is 5.81. The van der Waals surface area contributed by atoms with Gasteiger partial charge in [0.25, 0.3) is 0 Å². The number of rotatable bonds is 4. The van der Waals surface area contributed by atoms with Gasteiger partial charge in [-0.3, -0.25) is 4.79 Å². The van der Waals surface area contributed by atoms with Gasteiger partial charge < -0.3 is 15.4 Å². The molecule has 2 rings (SSSR count). The molecule has 0 aromatic heterocycles. The van der Waals surface area contributed by atoms with Crippen molar-refractivity contribution >= 4 is 5.91 Å². The molecule has 4 nitrogen and oxygen atoms in total. The Labute approximate surface area is 110 Å². The third-order valence-electron chi connectivity index (χ3n) is 4.56. The van der Waals surface area contributed by atoms with Crippen molar-refractivity contribution in [3.05, 3.63) is 0 Å². The van der Waals surface area contributed by atoms with Crippen molar-refractivity contribution < 1.29 is 9.53 Å². The molecule has 2 atom stereocenters. The second-order valence-electron chi connectivity index (χ2n) is 5.81. The Hall–Kier alpha value is -0.610. The first kappa shape index (κ1) is 13.8. The number of hydrogen-bond acceptors (Lipinski definition) is 3. The van der Waals surface area contributed by atoms with E-state index in [1.165, 1.54) is 19.3 Å². The van der Waals surface area contributed by atoms with Crippen molar-refractivity contribution in [1.29, 1.82) is 0 Å². The number of carbonyl (C=O) groups excluding carboxylic acids is 1. The molecule has 0 bridgehead atoms. The monoisotopic (exact) mass is 254 g/mol. The van der Waals surface area contributed by atoms with Gasteiger partial charge in [0.1, 0.15) is 0 Å². The zero-order chi connectivity index (χ0) is 13.0. The lowest BCUT2D eigenvalue weighted by atomic mass is 9.79. The third-order valence-corrected chi connectivity index (χ3v) is 4.56. The fourth-order valence-electron chi connectivity index (χ4n) is 3.23. The summed E-state index contributed by atoms with van der Waals surface area (Å²) in [6, 6.07) is 0.204. The van der Waals surface area contributed by atoms with Crippen LogP contribution in [0, 0.1) is 0 Å². The summed E-state index contributed by atoms with van der Waals surface area (Å²) in [6.45, 7) is 2.80. The van der Waals surface area contributed by atoms with Crippen LogP contribution in [0.25, 0.3) is 0 Å². The maximum Gasteiger partial charge on any atom is 0.222 e. The highest BCUT2D eigenvalue weighted by Gasteiger charge is 2.34. The first-order valence-electron chi connectivity index (χ1n) is 7.25. The fraction of sp³-hybridized carbons (Fsp3) is 0.929. The van der Waals surface area contributed by atoms with Gasteiger partial charge in [-0.2, -0.15) is 0 Å². The van der Waals surface area contributed by atoms with Crippen molar-refractivity contribution in [2.24, 2.45) is 0 Å². The number of carbonyl (C=O) groups is 1. The van der Waals surface area contributed by atoms with Crippen molar-refractivity contribution in [3.8, 4) is 0 Å². The zero-order valence-electron chi connectivity index (χ0n) is 11.6. The number of amides is 1. The number of nitrogens with one attached hydrogen (secondary N) is 2. The smallest absolute Gasteiger partial charge is 0.222 e. The number of hydrogen-bond donors (Lipinski definition) is 2. The van der Waals surface area contributed by atoms with Gasteiger partial charge in [0.15, 0.2) is 0 Å². The Morgan fingerprint density at radius 2 is 2.06 bits per heavy atom. The molecule has 0 spiro atoms. The number of ether oxygens (including phenoxy) is 1. The van der Waals surface area contributed by atoms with Crippen LogP contribution in [0.3, 0.4) is 0 Å². The van der Waals surface area contributed by atoms with Crippen molar-refractivity contribution in [3.63, 3.8) is 0 Å². The lowest BCUT2D eigenvalue weighted by Crippen LogP contribution is -2.50. The van der Waals surface area contributed by atoms with Crippen LogP contribution in [0.2, 0.25) is 0 Å². The van der Waals surface area contributed by atoms with Gasteiger partial charge >= 0.3 is 0 Å². The Kier molecular flexibility index (Phi) is 4.62. The topological polar surface area (TPSA) is 50.4 Å². The molecule has 1 aliphatic carbocycles. The molecule has 1 amide bonds. The summed E-state index contributed by atoms with van der Waals surface area (Å²) in [5.74, 6) is 0.175. The van der Waals surface area contributed by atoms with E-state index in [2.05, 4.69) is 10.6 Å². The van der Waals surface area contributed by atoms with Crippen molar-refractivity contribution in [1.82, 2.24) is 10.6 Å². The minimum Gasteiger partial charge on any atom is -0.376 e. The molecule has 104 valence electrons. The molecular formula is C14H26N2O2. The Bertz CT molecular complexity index is 288. The molecule has 1 aliphatic heterocycles. The molecule has 1 saturated heterocycles. The van der Waals surface area contributed by atoms with Crippen LogP contribution in [-0.2, 0) is 9.53 Å². The highest BCUT2D eigenvalue weighted by molar-refractivity contribution is 5.77. The Balaban J connectivity index is 1.85. The van der Waals surface area contributed by atoms with Crippen LogP contribution in [0.5, 0.6) is 0 Å². The van der Waals surface area contributed by atoms with Crippen LogP contribution in [0.15, 0.2) is 0 Å². The molecular weight excluding hydrogens is 228 g/mol. The van der Waals surface area contributed by atoms with Gasteiger partial charge in [-0.05, 0) is 33.2 Å². The van der Waals surface area contributed by atoms with Gasteiger partial charge in [0.05, 0.1) is 12.1 Å². The van der Waals surface area contributed by atoms with E-state index in [-0.39, 0.29) is 23.6 Å². The molecule has 2 unspecified atom stereocenters. The predicted molar refractivity (Wildman–Crippen MR) is 71.5 cm³/mol. The van der Waals surface area contributed by atoms with E-state index in [1.54, 1.807) is 0 Å². The molecule has 2 N–H and O–H groups in total. The summed E-state index contributed by atoms with van der Waals surface area (Å²) in [6.07, 6.45) is 7.71. The summed E-state index contributed by atoms with van der Waals surface area (Å²) in [7, 11) is 1.99. The van der Waals surface area contributed by atoms with E-state index in [1.807, 2.05) is 14.0 Å². The van der Waals surface area contributed by atoms with E-state index < -0.39 is 0 Å². The van der Waals surface area contributed by atoms with Crippen LogP contribution in [0.1, 0.15) is 51.9 Å². The minimum absolute atomic E-state index is 0.0328. The maximum atomic E-state index is 12.2. The summed E-state index contributed by atoms with van der Waals surface area (Å²) < 4.78 is 5.48. The van der Waals surface area contributed by atoms with Gasteiger partial charge in [0, 0.05) is 18.6 Å². The van der Waals surface area contributed by atoms with Crippen molar-refractivity contribution in [2.75, 3.05) is 13.7 Å². The van der Waals surface area contributed by atoms with Gasteiger partial charge in [-0.1, -0.05) is 19.3 Å². The first-order valence-corrected chi connectivity index (χ1v) is 7.25. The molecule has 1 saturated carbocycles. The van der Waals surface area contributed by atoms with Crippen LogP contribution in [0.4, 0.5) is 0 Å². The molecule has 1 heterocycles. The Morgan fingerprint density at radius 1 is 1.33 bits per heavy atom. The van der Waals surface area contributed by atoms with E-state index in [9.17, 15) is 4.79 Å². The highest BCUT2D eigenvalue weighted by Crippen LogP contribution is 2.30. The molecule has 0 radical (unpaired) electrons. The fourth-order valence-corrected chi connectivity index (χ4v) is 3.23. The summed E-state index contributed by atoms with van der Waals surface area (Å²) in [5.41, 5.74) is 0.0328. The average molecular weight is 254 g/mol. The van der Waals surface area contributed by atoms with Gasteiger partial charge in [0.2, 0.25) is 5.91 Å². The SMILES string of the molecule is CNC1(CC(=O)NC2CCOC2C)CCCCC1. The lowest BCUT2D eigenvalue weighted by molar-refractivity contribution is -0.124. The molecule has 0 aromatic carbocycles. The second kappa shape index (κ2) is 6.02. The third kappa shape index (κ3) is 3.23. The molecule has 0 aromatic rings. The molecule has 2 aliphatic rings. The predicted octanol–water partition coefficient (Wildman–Crippen LogP) is 1.59. The average Bonchev–Trinajstić information content (AvgIpc) is 2.76. The maximum absolute atomic E-state index is 12.2. The standard InChI is InChI=1S/C14H26N2O2/c1-11-12(6-9-18-11)16-13(17)10-14(15-2)7-4-3-5-8-14/h11-12,15H,3-10H2,1-2H3,(H,16,17). The lowest BCUT2D eigenvalue weighted by Gasteiger charge is -2.37. The van der Waals surface area contributed by atoms with E-state index in [0.29, 0.717) is 6.42 Å². The Morgan fingerprint density at radius 3 is 2.61 bits per heavy atom. The summed E-state index contributed by atoms with van der Waals surface area (Å²) in [5, 5.41) is 6.52. The van der Waals surface area contributed by atoms with E-state index >= 15 is 0 Å². The highest BCUT2D eigenvalue weighted by atomic mass is 16.5. The van der Waals surface area contributed by atoms with Crippen LogP contribution < -0.4 is 10.6 Å². The van der Waals surface area contributed by atoms with Crippen LogP contribution >= 0.6 is 0 Å². The van der Waals surface area contributed by atoms with E-state index in [4.69, 9.17) is 4.74 Å². The quantitative estimate of drug-likeness (QED) is 0.801. The van der Waals surface area contributed by atoms with Crippen LogP contribution in [-0.4, -0.2) is 37.2 Å². The van der Waals surface area contributed by atoms with Crippen molar-refractivity contribution in [2.45, 2.75) is 69.6 Å². The normalized spacial score (nSPS) is 31.2.